The van der Waals surface area contributed by atoms with Crippen LogP contribution in [0.5, 0.6) is 0 Å². The molecule has 2 heterocycles. The van der Waals surface area contributed by atoms with Gasteiger partial charge in [-0.05, 0) is 12.5 Å². The van der Waals surface area contributed by atoms with E-state index in [1.165, 1.54) is 0 Å². The molecule has 3 N–H and O–H groups in total. The number of anilines is 1. The maximum Gasteiger partial charge on any atom is 0.315 e. The number of aromatic nitrogens is 2. The number of rotatable bonds is 5. The van der Waals surface area contributed by atoms with Crippen molar-refractivity contribution in [3.63, 3.8) is 0 Å². The van der Waals surface area contributed by atoms with E-state index in [2.05, 4.69) is 25.9 Å². The first-order valence-corrected chi connectivity index (χ1v) is 8.13. The van der Waals surface area contributed by atoms with Crippen molar-refractivity contribution in [2.45, 2.75) is 12.5 Å². The average Bonchev–Trinajstić information content (AvgIpc) is 2.75. The molecule has 0 radical (unpaired) electrons. The zero-order chi connectivity index (χ0) is 14.4. The lowest BCUT2D eigenvalue weighted by atomic mass is 10.3. The van der Waals surface area contributed by atoms with E-state index in [-0.39, 0.29) is 23.6 Å². The molecule has 1 atom stereocenters. The molecule has 0 spiro atoms. The van der Waals surface area contributed by atoms with Crippen molar-refractivity contribution in [1.29, 1.82) is 0 Å². The lowest BCUT2D eigenvalue weighted by Crippen LogP contribution is -2.44. The molecule has 8 nitrogen and oxygen atoms in total. The second-order valence-electron chi connectivity index (χ2n) is 4.50. The van der Waals surface area contributed by atoms with Crippen LogP contribution in [0.1, 0.15) is 6.42 Å². The summed E-state index contributed by atoms with van der Waals surface area (Å²) in [7, 11) is -2.97. The van der Waals surface area contributed by atoms with Crippen LogP contribution in [0.4, 0.5) is 10.7 Å². The first-order valence-electron chi connectivity index (χ1n) is 6.31. The Bertz CT molecular complexity index is 548. The Hall–Kier alpha value is -1.90. The molecule has 110 valence electrons. The van der Waals surface area contributed by atoms with Crippen molar-refractivity contribution in [1.82, 2.24) is 20.6 Å². The molecule has 1 aromatic rings. The topological polar surface area (TPSA) is 113 Å². The van der Waals surface area contributed by atoms with E-state index in [0.717, 1.165) is 0 Å². The van der Waals surface area contributed by atoms with Gasteiger partial charge < -0.3 is 16.0 Å². The van der Waals surface area contributed by atoms with Gasteiger partial charge in [0.15, 0.2) is 9.84 Å². The first-order chi connectivity index (χ1) is 9.55. The molecule has 1 aliphatic heterocycles. The van der Waals surface area contributed by atoms with Crippen LogP contribution in [-0.2, 0) is 9.84 Å². The summed E-state index contributed by atoms with van der Waals surface area (Å²) in [5.41, 5.74) is 0. The molecule has 1 aromatic heterocycles. The van der Waals surface area contributed by atoms with Crippen molar-refractivity contribution in [3.05, 3.63) is 18.5 Å². The van der Waals surface area contributed by atoms with E-state index in [9.17, 15) is 13.2 Å². The Kier molecular flexibility index (Phi) is 4.72. The minimum absolute atomic E-state index is 0.0243. The van der Waals surface area contributed by atoms with Gasteiger partial charge in [-0.1, -0.05) is 0 Å². The summed E-state index contributed by atoms with van der Waals surface area (Å²) in [5, 5.41) is 8.24. The Morgan fingerprint density at radius 1 is 1.30 bits per heavy atom. The van der Waals surface area contributed by atoms with Gasteiger partial charge in [0.1, 0.15) is 0 Å². The van der Waals surface area contributed by atoms with Crippen molar-refractivity contribution in [3.8, 4) is 0 Å². The Balaban J connectivity index is 1.61. The minimum Gasteiger partial charge on any atom is -0.352 e. The lowest BCUT2D eigenvalue weighted by Gasteiger charge is -2.12. The second kappa shape index (κ2) is 6.51. The third-order valence-corrected chi connectivity index (χ3v) is 4.60. The molecule has 2 rings (SSSR count). The molecule has 1 fully saturated rings. The van der Waals surface area contributed by atoms with E-state index in [0.29, 0.717) is 25.5 Å². The van der Waals surface area contributed by atoms with E-state index in [1.54, 1.807) is 18.5 Å². The number of nitrogens with zero attached hydrogens (tertiary/aromatic N) is 2. The summed E-state index contributed by atoms with van der Waals surface area (Å²) in [6.07, 6.45) is 3.72. The summed E-state index contributed by atoms with van der Waals surface area (Å²) < 4.78 is 22.5. The summed E-state index contributed by atoms with van der Waals surface area (Å²) in [6, 6.07) is 1.07. The third-order valence-electron chi connectivity index (χ3n) is 2.83. The van der Waals surface area contributed by atoms with Gasteiger partial charge in [-0.25, -0.2) is 23.2 Å². The molecule has 9 heteroatoms. The van der Waals surface area contributed by atoms with E-state index < -0.39 is 9.84 Å². The first kappa shape index (κ1) is 14.5. The van der Waals surface area contributed by atoms with Gasteiger partial charge in [-0.2, -0.15) is 0 Å². The Morgan fingerprint density at radius 3 is 2.70 bits per heavy atom. The zero-order valence-electron chi connectivity index (χ0n) is 10.9. The maximum atomic E-state index is 11.5. The fraction of sp³-hybridized carbons (Fsp3) is 0.545. The highest BCUT2D eigenvalue weighted by Crippen LogP contribution is 2.10. The summed E-state index contributed by atoms with van der Waals surface area (Å²) in [6.45, 7) is 0.879. The van der Waals surface area contributed by atoms with Crippen LogP contribution in [0.3, 0.4) is 0 Å². The van der Waals surface area contributed by atoms with Crippen molar-refractivity contribution < 1.29 is 13.2 Å². The van der Waals surface area contributed by atoms with Crippen LogP contribution >= 0.6 is 0 Å². The SMILES string of the molecule is O=C(NCCNc1ncccn1)NC1CCS(=O)(=O)C1. The molecule has 0 saturated carbocycles. The monoisotopic (exact) mass is 299 g/mol. The van der Waals surface area contributed by atoms with Crippen LogP contribution in [-0.4, -0.2) is 55.1 Å². The van der Waals surface area contributed by atoms with E-state index in [4.69, 9.17) is 0 Å². The van der Waals surface area contributed by atoms with Gasteiger partial charge in [0.2, 0.25) is 5.95 Å². The van der Waals surface area contributed by atoms with Gasteiger partial charge in [0.05, 0.1) is 11.5 Å². The average molecular weight is 299 g/mol. The smallest absolute Gasteiger partial charge is 0.315 e. The maximum absolute atomic E-state index is 11.5. The van der Waals surface area contributed by atoms with Crippen LogP contribution in [0.15, 0.2) is 18.5 Å². The normalized spacial score (nSPS) is 20.3. The van der Waals surface area contributed by atoms with Gasteiger partial charge >= 0.3 is 6.03 Å². The third kappa shape index (κ3) is 4.65. The minimum atomic E-state index is -2.97. The predicted molar refractivity (Wildman–Crippen MR) is 74.1 cm³/mol. The number of carbonyl (C=O) groups excluding carboxylic acids is 1. The van der Waals surface area contributed by atoms with Crippen LogP contribution < -0.4 is 16.0 Å². The Labute approximate surface area is 117 Å². The van der Waals surface area contributed by atoms with Gasteiger partial charge in [0, 0.05) is 31.5 Å². The van der Waals surface area contributed by atoms with Crippen LogP contribution in [0.2, 0.25) is 0 Å². The predicted octanol–water partition coefficient (Wildman–Crippen LogP) is -0.625. The Morgan fingerprint density at radius 2 is 2.05 bits per heavy atom. The van der Waals surface area contributed by atoms with Crippen LogP contribution in [0, 0.1) is 0 Å². The fourth-order valence-corrected chi connectivity index (χ4v) is 3.56. The molecule has 1 unspecified atom stereocenters. The number of hydrogen-bond donors (Lipinski definition) is 3. The summed E-state index contributed by atoms with van der Waals surface area (Å²) >= 11 is 0. The van der Waals surface area contributed by atoms with Crippen molar-refractivity contribution in [2.75, 3.05) is 29.9 Å². The quantitative estimate of drug-likeness (QED) is 0.624. The van der Waals surface area contributed by atoms with Crippen molar-refractivity contribution in [2.24, 2.45) is 0 Å². The van der Waals surface area contributed by atoms with Gasteiger partial charge in [-0.15, -0.1) is 0 Å². The zero-order valence-corrected chi connectivity index (χ0v) is 11.7. The number of hydrogen-bond acceptors (Lipinski definition) is 6. The molecular weight excluding hydrogens is 282 g/mol. The largest absolute Gasteiger partial charge is 0.352 e. The summed E-state index contributed by atoms with van der Waals surface area (Å²) in [4.78, 5) is 19.5. The standard InChI is InChI=1S/C11H17N5O3S/c17-11(16-9-2-7-20(18,19)8-9)15-6-5-14-10-12-3-1-4-13-10/h1,3-4,9H,2,5-8H2,(H,12,13,14)(H2,15,16,17). The molecule has 1 saturated heterocycles. The number of amides is 2. The number of nitrogens with one attached hydrogen (secondary N) is 3. The molecule has 0 aliphatic carbocycles. The molecule has 1 aliphatic rings. The molecule has 0 bridgehead atoms. The molecule has 2 amide bonds. The summed E-state index contributed by atoms with van der Waals surface area (Å²) in [5.74, 6) is 0.665. The lowest BCUT2D eigenvalue weighted by molar-refractivity contribution is 0.238. The van der Waals surface area contributed by atoms with Gasteiger partial charge in [0.25, 0.3) is 0 Å². The number of carbonyl (C=O) groups is 1. The highest BCUT2D eigenvalue weighted by Gasteiger charge is 2.28. The highest BCUT2D eigenvalue weighted by molar-refractivity contribution is 7.91. The van der Waals surface area contributed by atoms with Gasteiger partial charge in [-0.3, -0.25) is 0 Å². The fourth-order valence-electron chi connectivity index (χ4n) is 1.89. The number of urea groups is 1. The highest BCUT2D eigenvalue weighted by atomic mass is 32.2. The van der Waals surface area contributed by atoms with Crippen LogP contribution in [0.25, 0.3) is 0 Å². The molecule has 20 heavy (non-hydrogen) atoms. The van der Waals surface area contributed by atoms with E-state index in [1.807, 2.05) is 0 Å². The van der Waals surface area contributed by atoms with Crippen molar-refractivity contribution >= 4 is 21.8 Å². The molecule has 0 aromatic carbocycles. The molecular formula is C11H17N5O3S. The van der Waals surface area contributed by atoms with E-state index >= 15 is 0 Å². The second-order valence-corrected chi connectivity index (χ2v) is 6.73. The number of sulfone groups is 1.